The van der Waals surface area contributed by atoms with Crippen LogP contribution in [0.15, 0.2) is 47.5 Å². The lowest BCUT2D eigenvalue weighted by atomic mass is 10.2. The average Bonchev–Trinajstić information content (AvgIpc) is 3.24. The Kier molecular flexibility index (Phi) is 4.91. The van der Waals surface area contributed by atoms with E-state index in [1.54, 1.807) is 31.3 Å². The van der Waals surface area contributed by atoms with Crippen molar-refractivity contribution in [2.45, 2.75) is 11.7 Å². The molecule has 144 valence electrons. The van der Waals surface area contributed by atoms with Crippen molar-refractivity contribution in [3.05, 3.63) is 48.3 Å². The fourth-order valence-corrected chi connectivity index (χ4v) is 3.95. The predicted molar refractivity (Wildman–Crippen MR) is 103 cm³/mol. The van der Waals surface area contributed by atoms with Crippen LogP contribution in [-0.2, 0) is 9.59 Å². The number of amides is 2. The van der Waals surface area contributed by atoms with Crippen LogP contribution in [0.1, 0.15) is 6.42 Å². The highest BCUT2D eigenvalue weighted by Crippen LogP contribution is 2.37. The molecule has 2 aliphatic heterocycles. The molecule has 1 saturated heterocycles. The van der Waals surface area contributed by atoms with Crippen molar-refractivity contribution in [1.29, 1.82) is 0 Å². The van der Waals surface area contributed by atoms with Gasteiger partial charge < -0.3 is 14.8 Å². The number of carbonyl (C=O) groups is 2. The van der Waals surface area contributed by atoms with Gasteiger partial charge in [-0.1, -0.05) is 23.9 Å². The lowest BCUT2D eigenvalue weighted by Gasteiger charge is -2.09. The molecule has 28 heavy (non-hydrogen) atoms. The normalized spacial score (nSPS) is 19.4. The van der Waals surface area contributed by atoms with Crippen molar-refractivity contribution >= 4 is 40.1 Å². The number of anilines is 1. The average molecular weight is 401 g/mol. The molecule has 0 saturated carbocycles. The number of thioether (sulfide) groups is 1. The zero-order valence-corrected chi connectivity index (χ0v) is 15.7. The van der Waals surface area contributed by atoms with E-state index >= 15 is 0 Å². The fourth-order valence-electron chi connectivity index (χ4n) is 2.79. The minimum atomic E-state index is -0.621. The third-order valence-electron chi connectivity index (χ3n) is 4.24. The summed E-state index contributed by atoms with van der Waals surface area (Å²) >= 11 is 1.20. The van der Waals surface area contributed by atoms with Crippen molar-refractivity contribution < 1.29 is 23.5 Å². The second kappa shape index (κ2) is 7.51. The van der Waals surface area contributed by atoms with Gasteiger partial charge in [0.25, 0.3) is 0 Å². The number of nitrogens with one attached hydrogen (secondary N) is 1. The van der Waals surface area contributed by atoms with Crippen LogP contribution in [0.2, 0.25) is 0 Å². The molecule has 1 atom stereocenters. The third kappa shape index (κ3) is 3.65. The van der Waals surface area contributed by atoms with Crippen LogP contribution in [0.4, 0.5) is 15.8 Å². The van der Waals surface area contributed by atoms with Crippen LogP contribution < -0.4 is 14.8 Å². The van der Waals surface area contributed by atoms with Gasteiger partial charge in [-0.15, -0.1) is 0 Å². The molecule has 2 amide bonds. The number of halogens is 1. The highest BCUT2D eigenvalue weighted by Gasteiger charge is 2.37. The Morgan fingerprint density at radius 1 is 1.29 bits per heavy atom. The molecule has 0 radical (unpaired) electrons. The number of aliphatic imine (C=N–C) groups is 1. The van der Waals surface area contributed by atoms with E-state index in [2.05, 4.69) is 10.3 Å². The van der Waals surface area contributed by atoms with Gasteiger partial charge in [-0.25, -0.2) is 9.38 Å². The van der Waals surface area contributed by atoms with Gasteiger partial charge in [0.05, 0.1) is 11.4 Å². The van der Waals surface area contributed by atoms with Gasteiger partial charge in [-0.3, -0.25) is 14.5 Å². The summed E-state index contributed by atoms with van der Waals surface area (Å²) in [5.41, 5.74) is 0.702. The SMILES string of the molecule is CN1C(=O)[C@H](CC(=O)Nc2ccccc2F)SC1=Nc1ccc2c(c1)OCO2. The van der Waals surface area contributed by atoms with Crippen molar-refractivity contribution in [2.24, 2.45) is 4.99 Å². The smallest absolute Gasteiger partial charge is 0.242 e. The molecule has 0 unspecified atom stereocenters. The minimum Gasteiger partial charge on any atom is -0.454 e. The van der Waals surface area contributed by atoms with Gasteiger partial charge in [0, 0.05) is 19.5 Å². The third-order valence-corrected chi connectivity index (χ3v) is 5.47. The molecule has 0 bridgehead atoms. The monoisotopic (exact) mass is 401 g/mol. The van der Waals surface area contributed by atoms with Gasteiger partial charge in [0.2, 0.25) is 18.6 Å². The molecule has 2 aromatic carbocycles. The van der Waals surface area contributed by atoms with Crippen LogP contribution in [0.3, 0.4) is 0 Å². The summed E-state index contributed by atoms with van der Waals surface area (Å²) in [6.07, 6.45) is -0.0810. The van der Waals surface area contributed by atoms with E-state index in [4.69, 9.17) is 9.47 Å². The Labute approximate surface area is 164 Å². The molecule has 0 aliphatic carbocycles. The number of rotatable bonds is 4. The molecule has 0 aromatic heterocycles. The molecular weight excluding hydrogens is 385 g/mol. The standard InChI is InChI=1S/C19H16FN3O4S/c1-23-18(25)16(9-17(24)22-13-5-3-2-4-12(13)20)28-19(23)21-11-6-7-14-15(8-11)27-10-26-14/h2-8,16H,9-10H2,1H3,(H,22,24)/t16-/m0/s1. The second-order valence-electron chi connectivity index (χ2n) is 6.17. The molecule has 2 aromatic rings. The van der Waals surface area contributed by atoms with Crippen molar-refractivity contribution in [2.75, 3.05) is 19.2 Å². The van der Waals surface area contributed by atoms with Crippen molar-refractivity contribution in [3.8, 4) is 11.5 Å². The predicted octanol–water partition coefficient (Wildman–Crippen LogP) is 3.14. The summed E-state index contributed by atoms with van der Waals surface area (Å²) in [4.78, 5) is 30.6. The van der Waals surface area contributed by atoms with E-state index in [0.717, 1.165) is 0 Å². The summed E-state index contributed by atoms with van der Waals surface area (Å²) in [6, 6.07) is 11.1. The van der Waals surface area contributed by atoms with Crippen LogP contribution in [0, 0.1) is 5.82 Å². The zero-order chi connectivity index (χ0) is 19.7. The molecule has 1 N–H and O–H groups in total. The Hall–Kier alpha value is -3.07. The van der Waals surface area contributed by atoms with E-state index in [0.29, 0.717) is 22.4 Å². The number of hydrogen-bond donors (Lipinski definition) is 1. The number of amidine groups is 1. The van der Waals surface area contributed by atoms with Gasteiger partial charge in [0.15, 0.2) is 16.7 Å². The number of benzene rings is 2. The molecule has 0 spiro atoms. The summed E-state index contributed by atoms with van der Waals surface area (Å²) in [5, 5.41) is 2.36. The summed E-state index contributed by atoms with van der Waals surface area (Å²) in [6.45, 7) is 0.168. The van der Waals surface area contributed by atoms with Gasteiger partial charge >= 0.3 is 0 Å². The van der Waals surface area contributed by atoms with E-state index < -0.39 is 17.0 Å². The number of ether oxygens (including phenoxy) is 2. The first kappa shape index (κ1) is 18.3. The van der Waals surface area contributed by atoms with Gasteiger partial charge in [0.1, 0.15) is 11.1 Å². The lowest BCUT2D eigenvalue weighted by molar-refractivity contribution is -0.127. The number of hydrogen-bond acceptors (Lipinski definition) is 6. The molecule has 4 rings (SSSR count). The molecule has 9 heteroatoms. The highest BCUT2D eigenvalue weighted by molar-refractivity contribution is 8.15. The maximum Gasteiger partial charge on any atom is 0.242 e. The Morgan fingerprint density at radius 2 is 2.07 bits per heavy atom. The van der Waals surface area contributed by atoms with Gasteiger partial charge in [-0.05, 0) is 24.3 Å². The number of carbonyl (C=O) groups excluding carboxylic acids is 2. The maximum absolute atomic E-state index is 13.7. The van der Waals surface area contributed by atoms with E-state index in [1.165, 1.54) is 34.9 Å². The minimum absolute atomic E-state index is 0.0810. The summed E-state index contributed by atoms with van der Waals surface area (Å²) in [7, 11) is 1.61. The van der Waals surface area contributed by atoms with Crippen LogP contribution in [0.5, 0.6) is 11.5 Å². The van der Waals surface area contributed by atoms with E-state index in [-0.39, 0.29) is 24.8 Å². The molecular formula is C19H16FN3O4S. The number of para-hydroxylation sites is 1. The zero-order valence-electron chi connectivity index (χ0n) is 14.8. The van der Waals surface area contributed by atoms with E-state index in [1.807, 2.05) is 0 Å². The van der Waals surface area contributed by atoms with Crippen LogP contribution in [-0.4, -0.2) is 41.0 Å². The van der Waals surface area contributed by atoms with Crippen LogP contribution in [0.25, 0.3) is 0 Å². The number of fused-ring (bicyclic) bond motifs is 1. The van der Waals surface area contributed by atoms with Crippen molar-refractivity contribution in [3.63, 3.8) is 0 Å². The highest BCUT2D eigenvalue weighted by atomic mass is 32.2. The lowest BCUT2D eigenvalue weighted by Crippen LogP contribution is -2.30. The molecule has 2 aliphatic rings. The van der Waals surface area contributed by atoms with E-state index in [9.17, 15) is 14.0 Å². The van der Waals surface area contributed by atoms with Gasteiger partial charge in [-0.2, -0.15) is 0 Å². The molecule has 7 nitrogen and oxygen atoms in total. The maximum atomic E-state index is 13.7. The van der Waals surface area contributed by atoms with Crippen molar-refractivity contribution in [1.82, 2.24) is 4.90 Å². The van der Waals surface area contributed by atoms with Crippen LogP contribution >= 0.6 is 11.8 Å². The molecule has 1 fully saturated rings. The Bertz CT molecular complexity index is 981. The fraction of sp³-hybridized carbons (Fsp3) is 0.211. The summed E-state index contributed by atoms with van der Waals surface area (Å²) < 4.78 is 24.3. The Morgan fingerprint density at radius 3 is 2.89 bits per heavy atom. The second-order valence-corrected chi connectivity index (χ2v) is 7.34. The summed E-state index contributed by atoms with van der Waals surface area (Å²) in [5.74, 6) is 0.0556. The quantitative estimate of drug-likeness (QED) is 0.851. The first-order chi connectivity index (χ1) is 13.5. The molecule has 2 heterocycles. The Balaban J connectivity index is 1.45. The first-order valence-corrected chi connectivity index (χ1v) is 9.36. The largest absolute Gasteiger partial charge is 0.454 e. The first-order valence-electron chi connectivity index (χ1n) is 8.48. The topological polar surface area (TPSA) is 80.2 Å². The number of nitrogens with zero attached hydrogens (tertiary/aromatic N) is 2.